The van der Waals surface area contributed by atoms with Gasteiger partial charge in [0.05, 0.1) is 5.71 Å². The third-order valence-corrected chi connectivity index (χ3v) is 2.38. The van der Waals surface area contributed by atoms with Crippen molar-refractivity contribution >= 4 is 16.5 Å². The van der Waals surface area contributed by atoms with Crippen LogP contribution in [-0.2, 0) is 0 Å². The molecule has 0 fully saturated rings. The number of nitrogens with zero attached hydrogens (tertiary/aromatic N) is 2. The Morgan fingerprint density at radius 1 is 1.13 bits per heavy atom. The van der Waals surface area contributed by atoms with Gasteiger partial charge in [-0.3, -0.25) is 0 Å². The van der Waals surface area contributed by atoms with Crippen molar-refractivity contribution in [3.63, 3.8) is 0 Å². The van der Waals surface area contributed by atoms with Gasteiger partial charge in [0, 0.05) is 0 Å². The predicted molar refractivity (Wildman–Crippen MR) is 61.8 cm³/mol. The van der Waals surface area contributed by atoms with Gasteiger partial charge in [-0.15, -0.1) is 0 Å². The Morgan fingerprint density at radius 2 is 1.87 bits per heavy atom. The van der Waals surface area contributed by atoms with E-state index in [-0.39, 0.29) is 0 Å². The predicted octanol–water partition coefficient (Wildman–Crippen LogP) is 3.13. The topological polar surface area (TPSA) is 36.1 Å². The van der Waals surface area contributed by atoms with Crippen LogP contribution >= 0.6 is 0 Å². The van der Waals surface area contributed by atoms with Crippen LogP contribution in [0, 0.1) is 11.5 Å². The van der Waals surface area contributed by atoms with Crippen molar-refractivity contribution in [3.8, 4) is 6.19 Å². The van der Waals surface area contributed by atoms with Gasteiger partial charge in [0.25, 0.3) is 0 Å². The van der Waals surface area contributed by atoms with E-state index in [0.717, 1.165) is 11.3 Å². The second-order valence-corrected chi connectivity index (χ2v) is 3.36. The highest BCUT2D eigenvalue weighted by atomic mass is 14.7. The molecule has 2 heteroatoms. The van der Waals surface area contributed by atoms with E-state index < -0.39 is 0 Å². The van der Waals surface area contributed by atoms with Gasteiger partial charge < -0.3 is 0 Å². The van der Waals surface area contributed by atoms with Crippen molar-refractivity contribution < 1.29 is 0 Å². The van der Waals surface area contributed by atoms with Crippen molar-refractivity contribution in [2.24, 2.45) is 4.99 Å². The molecule has 2 rings (SSSR count). The van der Waals surface area contributed by atoms with E-state index in [9.17, 15) is 0 Å². The van der Waals surface area contributed by atoms with Gasteiger partial charge >= 0.3 is 0 Å². The van der Waals surface area contributed by atoms with E-state index in [0.29, 0.717) is 0 Å². The Bertz CT molecular complexity index is 562. The SMILES string of the molecule is CC(=NC#N)c1ccc2ccccc2c1. The third-order valence-electron chi connectivity index (χ3n) is 2.38. The number of hydrogen-bond acceptors (Lipinski definition) is 2. The normalized spacial score (nSPS) is 11.3. The lowest BCUT2D eigenvalue weighted by Crippen LogP contribution is -1.93. The Morgan fingerprint density at radius 3 is 2.60 bits per heavy atom. The summed E-state index contributed by atoms with van der Waals surface area (Å²) in [6.07, 6.45) is 1.80. The molecule has 0 aromatic heterocycles. The summed E-state index contributed by atoms with van der Waals surface area (Å²) in [4.78, 5) is 3.72. The molecular formula is C13H10N2. The van der Waals surface area contributed by atoms with Gasteiger partial charge in [-0.2, -0.15) is 10.3 Å². The quantitative estimate of drug-likeness (QED) is 0.507. The zero-order chi connectivity index (χ0) is 10.7. The van der Waals surface area contributed by atoms with Gasteiger partial charge in [0.15, 0.2) is 0 Å². The summed E-state index contributed by atoms with van der Waals surface area (Å²) in [5.41, 5.74) is 1.75. The van der Waals surface area contributed by atoms with Gasteiger partial charge in [-0.25, -0.2) is 0 Å². The lowest BCUT2D eigenvalue weighted by Gasteiger charge is -2.01. The number of benzene rings is 2. The number of aliphatic imine (C=N–C) groups is 1. The minimum atomic E-state index is 0.753. The molecule has 0 aliphatic heterocycles. The lowest BCUT2D eigenvalue weighted by atomic mass is 10.0. The summed E-state index contributed by atoms with van der Waals surface area (Å²) in [6.45, 7) is 1.84. The van der Waals surface area contributed by atoms with Crippen LogP contribution in [0.5, 0.6) is 0 Å². The molecule has 0 bridgehead atoms. The van der Waals surface area contributed by atoms with Crippen LogP contribution in [-0.4, -0.2) is 5.71 Å². The van der Waals surface area contributed by atoms with Crippen molar-refractivity contribution in [1.82, 2.24) is 0 Å². The molecule has 2 nitrogen and oxygen atoms in total. The Labute approximate surface area is 88.5 Å². The maximum atomic E-state index is 8.47. The molecule has 0 saturated carbocycles. The van der Waals surface area contributed by atoms with Crippen LogP contribution in [0.4, 0.5) is 0 Å². The first-order valence-electron chi connectivity index (χ1n) is 4.74. The molecule has 15 heavy (non-hydrogen) atoms. The molecular weight excluding hydrogens is 184 g/mol. The number of hydrogen-bond donors (Lipinski definition) is 0. The van der Waals surface area contributed by atoms with Crippen LogP contribution in [0.3, 0.4) is 0 Å². The second-order valence-electron chi connectivity index (χ2n) is 3.36. The first kappa shape index (κ1) is 9.42. The van der Waals surface area contributed by atoms with E-state index >= 15 is 0 Å². The fraction of sp³-hybridized carbons (Fsp3) is 0.0769. The fourth-order valence-corrected chi connectivity index (χ4v) is 1.55. The van der Waals surface area contributed by atoms with Crippen LogP contribution < -0.4 is 0 Å². The number of fused-ring (bicyclic) bond motifs is 1. The molecule has 0 atom stereocenters. The van der Waals surface area contributed by atoms with E-state index in [1.54, 1.807) is 6.19 Å². The molecule has 0 N–H and O–H groups in total. The second kappa shape index (κ2) is 3.93. The Kier molecular flexibility index (Phi) is 2.47. The molecule has 72 valence electrons. The molecule has 2 aromatic rings. The summed E-state index contributed by atoms with van der Waals surface area (Å²) in [5, 5.41) is 10.8. The van der Waals surface area contributed by atoms with E-state index in [4.69, 9.17) is 5.26 Å². The summed E-state index contributed by atoms with van der Waals surface area (Å²) in [5.74, 6) is 0. The molecule has 2 aromatic carbocycles. The lowest BCUT2D eigenvalue weighted by molar-refractivity contribution is 1.42. The van der Waals surface area contributed by atoms with Crippen molar-refractivity contribution in [2.45, 2.75) is 6.92 Å². The van der Waals surface area contributed by atoms with Crippen molar-refractivity contribution in [1.29, 1.82) is 5.26 Å². The molecule has 0 heterocycles. The minimum absolute atomic E-state index is 0.753. The first-order chi connectivity index (χ1) is 7.31. The largest absolute Gasteiger partial charge is 0.205 e. The molecule has 0 amide bonds. The van der Waals surface area contributed by atoms with E-state index in [2.05, 4.69) is 17.1 Å². The molecule has 0 unspecified atom stereocenters. The molecule has 0 aliphatic rings. The highest BCUT2D eigenvalue weighted by molar-refractivity contribution is 6.02. The third kappa shape index (κ3) is 1.87. The van der Waals surface area contributed by atoms with Crippen molar-refractivity contribution in [2.75, 3.05) is 0 Å². The van der Waals surface area contributed by atoms with Gasteiger partial charge in [0.2, 0.25) is 6.19 Å². The molecule has 0 saturated heterocycles. The maximum absolute atomic E-state index is 8.47. The summed E-state index contributed by atoms with van der Waals surface area (Å²) < 4.78 is 0. The fourth-order valence-electron chi connectivity index (χ4n) is 1.55. The smallest absolute Gasteiger partial charge is 0.178 e. The van der Waals surface area contributed by atoms with Crippen LogP contribution in [0.1, 0.15) is 12.5 Å². The van der Waals surface area contributed by atoms with Gasteiger partial charge in [0.1, 0.15) is 0 Å². The molecule has 0 aliphatic carbocycles. The zero-order valence-corrected chi connectivity index (χ0v) is 8.44. The van der Waals surface area contributed by atoms with E-state index in [1.165, 1.54) is 10.8 Å². The standard InChI is InChI=1S/C13H10N2/c1-10(15-9-14)12-7-6-11-4-2-3-5-13(11)8-12/h2-8H,1H3. The Balaban J connectivity index is 2.57. The minimum Gasteiger partial charge on any atom is -0.178 e. The van der Waals surface area contributed by atoms with Gasteiger partial charge in [-0.1, -0.05) is 36.4 Å². The summed E-state index contributed by atoms with van der Waals surface area (Å²) >= 11 is 0. The van der Waals surface area contributed by atoms with Crippen molar-refractivity contribution in [3.05, 3.63) is 48.0 Å². The number of nitriles is 1. The highest BCUT2D eigenvalue weighted by Crippen LogP contribution is 2.16. The average Bonchev–Trinajstić information content (AvgIpc) is 2.29. The molecule has 0 radical (unpaired) electrons. The van der Waals surface area contributed by atoms with Crippen LogP contribution in [0.25, 0.3) is 10.8 Å². The first-order valence-corrected chi connectivity index (χ1v) is 4.74. The van der Waals surface area contributed by atoms with Crippen LogP contribution in [0.2, 0.25) is 0 Å². The average molecular weight is 194 g/mol. The van der Waals surface area contributed by atoms with E-state index in [1.807, 2.05) is 37.3 Å². The monoisotopic (exact) mass is 194 g/mol. The zero-order valence-electron chi connectivity index (χ0n) is 8.44. The number of rotatable bonds is 1. The summed E-state index contributed by atoms with van der Waals surface area (Å²) in [7, 11) is 0. The van der Waals surface area contributed by atoms with Gasteiger partial charge in [-0.05, 0) is 29.3 Å². The Hall–Kier alpha value is -2.14. The maximum Gasteiger partial charge on any atom is 0.205 e. The van der Waals surface area contributed by atoms with Crippen LogP contribution in [0.15, 0.2) is 47.5 Å². The highest BCUT2D eigenvalue weighted by Gasteiger charge is 1.98. The summed E-state index contributed by atoms with van der Waals surface area (Å²) in [6, 6.07) is 14.2. The molecule has 0 spiro atoms.